The van der Waals surface area contributed by atoms with Gasteiger partial charge >= 0.3 is 0 Å². The topological polar surface area (TPSA) is 63.5 Å². The van der Waals surface area contributed by atoms with Crippen molar-refractivity contribution in [3.63, 3.8) is 0 Å². The Balaban J connectivity index is 1.60. The summed E-state index contributed by atoms with van der Waals surface area (Å²) in [5.74, 6) is 0.887. The molecule has 1 aromatic heterocycles. The third-order valence-corrected chi connectivity index (χ3v) is 6.78. The summed E-state index contributed by atoms with van der Waals surface area (Å²) >= 11 is 0. The molecule has 0 amide bonds. The van der Waals surface area contributed by atoms with E-state index in [0.717, 1.165) is 31.6 Å². The van der Waals surface area contributed by atoms with Crippen molar-refractivity contribution >= 4 is 5.96 Å². The van der Waals surface area contributed by atoms with E-state index < -0.39 is 0 Å². The minimum atomic E-state index is -0.0765. The van der Waals surface area contributed by atoms with Gasteiger partial charge in [-0.1, -0.05) is 13.8 Å². The van der Waals surface area contributed by atoms with Crippen molar-refractivity contribution in [1.82, 2.24) is 20.4 Å². The van der Waals surface area contributed by atoms with Crippen molar-refractivity contribution in [3.8, 4) is 0 Å². The van der Waals surface area contributed by atoms with Crippen LogP contribution in [0.5, 0.6) is 0 Å². The summed E-state index contributed by atoms with van der Waals surface area (Å²) in [6.07, 6.45) is 6.35. The molecule has 6 heteroatoms. The van der Waals surface area contributed by atoms with Gasteiger partial charge in [0.25, 0.3) is 0 Å². The predicted molar refractivity (Wildman–Crippen MR) is 106 cm³/mol. The molecule has 26 heavy (non-hydrogen) atoms. The van der Waals surface area contributed by atoms with E-state index in [1.54, 1.807) is 7.11 Å². The van der Waals surface area contributed by atoms with Crippen LogP contribution in [0.2, 0.25) is 0 Å². The van der Waals surface area contributed by atoms with E-state index in [-0.39, 0.29) is 11.0 Å². The molecule has 3 rings (SSSR count). The van der Waals surface area contributed by atoms with Gasteiger partial charge in [0.05, 0.1) is 11.3 Å². The molecule has 146 valence electrons. The summed E-state index contributed by atoms with van der Waals surface area (Å²) < 4.78 is 7.82. The van der Waals surface area contributed by atoms with Crippen LogP contribution in [0.15, 0.2) is 11.2 Å². The number of hydrogen-bond acceptors (Lipinski definition) is 3. The Hall–Kier alpha value is -1.56. The van der Waals surface area contributed by atoms with Crippen LogP contribution in [0, 0.1) is 5.41 Å². The van der Waals surface area contributed by atoms with Crippen LogP contribution in [-0.4, -0.2) is 47.6 Å². The zero-order chi connectivity index (χ0) is 19.1. The predicted octanol–water partition coefficient (Wildman–Crippen LogP) is 2.69. The van der Waals surface area contributed by atoms with Gasteiger partial charge in [-0.3, -0.25) is 9.67 Å². The molecular formula is C20H35N5O. The molecule has 2 aliphatic carbocycles. The minimum Gasteiger partial charge on any atom is -0.378 e. The minimum absolute atomic E-state index is 0.0646. The van der Waals surface area contributed by atoms with Gasteiger partial charge in [-0.2, -0.15) is 5.10 Å². The van der Waals surface area contributed by atoms with E-state index in [0.29, 0.717) is 18.1 Å². The summed E-state index contributed by atoms with van der Waals surface area (Å²) in [6.45, 7) is 11.1. The number of aromatic nitrogens is 2. The molecule has 2 aliphatic rings. The maximum Gasteiger partial charge on any atom is 0.191 e. The van der Waals surface area contributed by atoms with Crippen LogP contribution >= 0.6 is 0 Å². The molecule has 0 aromatic carbocycles. The number of nitrogens with one attached hydrogen (secondary N) is 2. The fraction of sp³-hybridized carbons (Fsp3) is 0.800. The highest BCUT2D eigenvalue weighted by Crippen LogP contribution is 2.51. The van der Waals surface area contributed by atoms with Crippen molar-refractivity contribution in [2.45, 2.75) is 84.0 Å². The first kappa shape index (κ1) is 19.2. The molecule has 3 unspecified atom stereocenters. The summed E-state index contributed by atoms with van der Waals surface area (Å²) in [5.41, 5.74) is 2.62. The lowest BCUT2D eigenvalue weighted by molar-refractivity contribution is -0.176. The van der Waals surface area contributed by atoms with E-state index in [9.17, 15) is 0 Å². The summed E-state index contributed by atoms with van der Waals surface area (Å²) in [7, 11) is 3.65. The standard InChI is InChI=1S/C20H35N5O/c1-13(2)25-12-14-8-9-15(10-16(14)24-25)22-18(21-6)23-17-11-20(5,26-7)19(17,3)4/h12-13,15,17H,8-11H2,1-7H3,(H2,21,22,23). The first-order valence-corrected chi connectivity index (χ1v) is 9.82. The van der Waals surface area contributed by atoms with Gasteiger partial charge in [0.1, 0.15) is 0 Å². The normalized spacial score (nSPS) is 30.7. The van der Waals surface area contributed by atoms with Gasteiger partial charge in [-0.05, 0) is 45.6 Å². The highest BCUT2D eigenvalue weighted by atomic mass is 16.5. The van der Waals surface area contributed by atoms with Crippen molar-refractivity contribution < 1.29 is 4.74 Å². The number of aliphatic imine (C=N–C) groups is 1. The lowest BCUT2D eigenvalue weighted by atomic mass is 9.56. The maximum absolute atomic E-state index is 5.73. The van der Waals surface area contributed by atoms with Crippen molar-refractivity contribution in [3.05, 3.63) is 17.5 Å². The Morgan fingerprint density at radius 3 is 2.65 bits per heavy atom. The molecule has 1 saturated carbocycles. The Kier molecular flexibility index (Phi) is 5.08. The van der Waals surface area contributed by atoms with Crippen molar-refractivity contribution in [2.24, 2.45) is 10.4 Å². The smallest absolute Gasteiger partial charge is 0.191 e. The molecule has 1 aromatic rings. The number of nitrogens with zero attached hydrogens (tertiary/aromatic N) is 3. The monoisotopic (exact) mass is 361 g/mol. The lowest BCUT2D eigenvalue weighted by Gasteiger charge is -2.59. The van der Waals surface area contributed by atoms with Gasteiger partial charge in [-0.25, -0.2) is 0 Å². The molecule has 0 radical (unpaired) electrons. The number of aryl methyl sites for hydroxylation is 1. The first-order chi connectivity index (χ1) is 12.2. The van der Waals surface area contributed by atoms with Crippen LogP contribution in [0.25, 0.3) is 0 Å². The fourth-order valence-electron chi connectivity index (χ4n) is 4.15. The van der Waals surface area contributed by atoms with Gasteiger partial charge in [0.15, 0.2) is 5.96 Å². The highest BCUT2D eigenvalue weighted by Gasteiger charge is 2.58. The van der Waals surface area contributed by atoms with Gasteiger partial charge in [0.2, 0.25) is 0 Å². The lowest BCUT2D eigenvalue weighted by Crippen LogP contribution is -2.69. The number of rotatable bonds is 4. The second-order valence-corrected chi connectivity index (χ2v) is 8.89. The number of ether oxygens (including phenoxy) is 1. The molecule has 1 heterocycles. The van der Waals surface area contributed by atoms with E-state index in [2.05, 4.69) is 61.1 Å². The Morgan fingerprint density at radius 2 is 2.08 bits per heavy atom. The van der Waals surface area contributed by atoms with Crippen LogP contribution in [0.1, 0.15) is 64.8 Å². The molecular weight excluding hydrogens is 326 g/mol. The van der Waals surface area contributed by atoms with Gasteiger partial charge < -0.3 is 15.4 Å². The van der Waals surface area contributed by atoms with Crippen LogP contribution in [0.4, 0.5) is 0 Å². The molecule has 0 saturated heterocycles. The van der Waals surface area contributed by atoms with Crippen LogP contribution in [-0.2, 0) is 17.6 Å². The summed E-state index contributed by atoms with van der Waals surface area (Å²) in [5, 5.41) is 12.0. The molecule has 0 spiro atoms. The molecule has 2 N–H and O–H groups in total. The molecule has 0 aliphatic heterocycles. The molecule has 6 nitrogen and oxygen atoms in total. The second-order valence-electron chi connectivity index (χ2n) is 8.89. The van der Waals surface area contributed by atoms with E-state index in [1.165, 1.54) is 11.3 Å². The quantitative estimate of drug-likeness (QED) is 0.639. The Labute approximate surface area is 157 Å². The summed E-state index contributed by atoms with van der Waals surface area (Å²) in [6, 6.07) is 1.15. The number of guanidine groups is 1. The fourth-order valence-corrected chi connectivity index (χ4v) is 4.15. The largest absolute Gasteiger partial charge is 0.378 e. The zero-order valence-corrected chi connectivity index (χ0v) is 17.4. The SMILES string of the molecule is CN=C(NC1CCc2cn(C(C)C)nc2C1)NC1CC(C)(OC)C1(C)C. The van der Waals surface area contributed by atoms with Crippen molar-refractivity contribution in [1.29, 1.82) is 0 Å². The Morgan fingerprint density at radius 1 is 1.35 bits per heavy atom. The zero-order valence-electron chi connectivity index (χ0n) is 17.4. The number of methoxy groups -OCH3 is 1. The third kappa shape index (κ3) is 3.24. The van der Waals surface area contributed by atoms with Crippen LogP contribution in [0.3, 0.4) is 0 Å². The molecule has 1 fully saturated rings. The maximum atomic E-state index is 5.73. The van der Waals surface area contributed by atoms with E-state index in [1.807, 2.05) is 7.05 Å². The van der Waals surface area contributed by atoms with E-state index >= 15 is 0 Å². The Bertz CT molecular complexity index is 678. The van der Waals surface area contributed by atoms with Crippen LogP contribution < -0.4 is 10.6 Å². The number of fused-ring (bicyclic) bond motifs is 1. The molecule has 3 atom stereocenters. The average Bonchev–Trinajstić information content (AvgIpc) is 3.03. The number of hydrogen-bond donors (Lipinski definition) is 2. The van der Waals surface area contributed by atoms with Gasteiger partial charge in [0, 0.05) is 50.3 Å². The highest BCUT2D eigenvalue weighted by molar-refractivity contribution is 5.80. The van der Waals surface area contributed by atoms with Crippen molar-refractivity contribution in [2.75, 3.05) is 14.2 Å². The van der Waals surface area contributed by atoms with Gasteiger partial charge in [-0.15, -0.1) is 0 Å². The summed E-state index contributed by atoms with van der Waals surface area (Å²) in [4.78, 5) is 4.46. The average molecular weight is 362 g/mol. The molecule has 0 bridgehead atoms. The second kappa shape index (κ2) is 6.87. The first-order valence-electron chi connectivity index (χ1n) is 9.82. The third-order valence-electron chi connectivity index (χ3n) is 6.78. The van der Waals surface area contributed by atoms with E-state index in [4.69, 9.17) is 9.84 Å².